The number of morpholine rings is 1. The molecule has 1 aromatic carbocycles. The van der Waals surface area contributed by atoms with E-state index in [4.69, 9.17) is 15.5 Å². The van der Waals surface area contributed by atoms with E-state index in [2.05, 4.69) is 9.88 Å². The molecule has 154 valence electrons. The van der Waals surface area contributed by atoms with Crippen LogP contribution in [0.5, 0.6) is 0 Å². The number of hydrogen-bond donors (Lipinski definition) is 1. The standard InChI is InChI=1S/C22H29N5O2/c1-26(2)22-24-13-18(15-6-5-7-16(12-15)21(23)28)20(25-22)19-14-27(10-11-29-19)17-8-3-4-9-17/h5-7,12-13,17,19H,3-4,8-11,14H2,1-2H3,(H2,23,28). The number of ether oxygens (including phenoxy) is 1. The first-order valence-corrected chi connectivity index (χ1v) is 10.3. The number of anilines is 1. The number of carbonyl (C=O) groups is 1. The van der Waals surface area contributed by atoms with Crippen LogP contribution < -0.4 is 10.6 Å². The summed E-state index contributed by atoms with van der Waals surface area (Å²) in [7, 11) is 3.86. The Kier molecular flexibility index (Phi) is 5.78. The van der Waals surface area contributed by atoms with Crippen LogP contribution in [0.3, 0.4) is 0 Å². The summed E-state index contributed by atoms with van der Waals surface area (Å²) in [5.41, 5.74) is 8.59. The molecule has 7 heteroatoms. The van der Waals surface area contributed by atoms with Gasteiger partial charge in [-0.05, 0) is 30.5 Å². The van der Waals surface area contributed by atoms with Gasteiger partial charge in [-0.25, -0.2) is 9.97 Å². The van der Waals surface area contributed by atoms with E-state index in [1.165, 1.54) is 25.7 Å². The zero-order valence-corrected chi connectivity index (χ0v) is 17.2. The minimum atomic E-state index is -0.444. The molecule has 29 heavy (non-hydrogen) atoms. The van der Waals surface area contributed by atoms with Gasteiger partial charge in [-0.2, -0.15) is 0 Å². The molecule has 4 rings (SSSR count). The summed E-state index contributed by atoms with van der Waals surface area (Å²) in [6.45, 7) is 2.50. The number of carbonyl (C=O) groups excluding carboxylic acids is 1. The molecule has 2 fully saturated rings. The van der Waals surface area contributed by atoms with Crippen LogP contribution in [-0.2, 0) is 4.74 Å². The van der Waals surface area contributed by atoms with E-state index < -0.39 is 5.91 Å². The van der Waals surface area contributed by atoms with Crippen LogP contribution in [0.25, 0.3) is 11.1 Å². The Hall–Kier alpha value is -2.51. The highest BCUT2D eigenvalue weighted by molar-refractivity contribution is 5.94. The average Bonchev–Trinajstić information content (AvgIpc) is 3.28. The summed E-state index contributed by atoms with van der Waals surface area (Å²) in [6, 6.07) is 7.97. The molecule has 2 heterocycles. The molecule has 2 aliphatic rings. The second-order valence-corrected chi connectivity index (χ2v) is 8.10. The van der Waals surface area contributed by atoms with Crippen LogP contribution in [0.4, 0.5) is 5.95 Å². The number of aromatic nitrogens is 2. The van der Waals surface area contributed by atoms with E-state index in [0.29, 0.717) is 24.2 Å². The molecular weight excluding hydrogens is 366 g/mol. The van der Waals surface area contributed by atoms with E-state index in [1.807, 2.05) is 37.3 Å². The van der Waals surface area contributed by atoms with Crippen molar-refractivity contribution in [1.82, 2.24) is 14.9 Å². The highest BCUT2D eigenvalue weighted by atomic mass is 16.5. The molecule has 7 nitrogen and oxygen atoms in total. The highest BCUT2D eigenvalue weighted by Crippen LogP contribution is 2.34. The first-order chi connectivity index (χ1) is 14.0. The maximum atomic E-state index is 11.7. The molecule has 1 aromatic heterocycles. The first kappa shape index (κ1) is 19.8. The van der Waals surface area contributed by atoms with Crippen LogP contribution in [-0.4, -0.2) is 60.6 Å². The van der Waals surface area contributed by atoms with Gasteiger partial charge >= 0.3 is 0 Å². The maximum Gasteiger partial charge on any atom is 0.248 e. The molecule has 0 bridgehead atoms. The Labute approximate surface area is 171 Å². The number of benzene rings is 1. The van der Waals surface area contributed by atoms with Gasteiger partial charge in [0.2, 0.25) is 11.9 Å². The number of hydrogen-bond acceptors (Lipinski definition) is 6. The van der Waals surface area contributed by atoms with Gasteiger partial charge in [0.15, 0.2) is 0 Å². The van der Waals surface area contributed by atoms with Crippen molar-refractivity contribution in [2.75, 3.05) is 38.7 Å². The number of rotatable bonds is 5. The number of nitrogens with two attached hydrogens (primary N) is 1. The van der Waals surface area contributed by atoms with Crippen LogP contribution in [0.1, 0.15) is 47.8 Å². The smallest absolute Gasteiger partial charge is 0.248 e. The summed E-state index contributed by atoms with van der Waals surface area (Å²) in [4.78, 5) is 25.5. The van der Waals surface area contributed by atoms with Crippen molar-refractivity contribution in [2.24, 2.45) is 5.73 Å². The van der Waals surface area contributed by atoms with Gasteiger partial charge in [0, 0.05) is 50.6 Å². The third-order valence-corrected chi connectivity index (χ3v) is 5.91. The monoisotopic (exact) mass is 395 g/mol. The van der Waals surface area contributed by atoms with E-state index >= 15 is 0 Å². The molecule has 2 aromatic rings. The lowest BCUT2D eigenvalue weighted by atomic mass is 9.99. The molecule has 1 saturated carbocycles. The lowest BCUT2D eigenvalue weighted by Crippen LogP contribution is -2.44. The summed E-state index contributed by atoms with van der Waals surface area (Å²) < 4.78 is 6.19. The van der Waals surface area contributed by atoms with Crippen molar-refractivity contribution in [3.63, 3.8) is 0 Å². The van der Waals surface area contributed by atoms with Crippen molar-refractivity contribution < 1.29 is 9.53 Å². The second kappa shape index (κ2) is 8.47. The molecular formula is C22H29N5O2. The number of primary amides is 1. The first-order valence-electron chi connectivity index (χ1n) is 10.3. The molecule has 1 amide bonds. The number of nitrogens with zero attached hydrogens (tertiary/aromatic N) is 4. The van der Waals surface area contributed by atoms with E-state index in [9.17, 15) is 4.79 Å². The predicted octanol–water partition coefficient (Wildman–Crippen LogP) is 2.62. The average molecular weight is 396 g/mol. The van der Waals surface area contributed by atoms with Gasteiger partial charge in [0.05, 0.1) is 12.3 Å². The molecule has 1 atom stereocenters. The molecule has 0 radical (unpaired) electrons. The fourth-order valence-electron chi connectivity index (χ4n) is 4.34. The number of amides is 1. The van der Waals surface area contributed by atoms with Crippen LogP contribution >= 0.6 is 0 Å². The zero-order valence-electron chi connectivity index (χ0n) is 17.2. The van der Waals surface area contributed by atoms with Crippen molar-refractivity contribution in [3.05, 3.63) is 41.7 Å². The summed E-state index contributed by atoms with van der Waals surface area (Å²) in [5.74, 6) is 0.206. The topological polar surface area (TPSA) is 84.6 Å². The Balaban J connectivity index is 1.71. The quantitative estimate of drug-likeness (QED) is 0.838. The van der Waals surface area contributed by atoms with Crippen LogP contribution in [0.2, 0.25) is 0 Å². The Morgan fingerprint density at radius 3 is 2.79 bits per heavy atom. The fourth-order valence-corrected chi connectivity index (χ4v) is 4.34. The van der Waals surface area contributed by atoms with Gasteiger partial charge < -0.3 is 15.4 Å². The summed E-state index contributed by atoms with van der Waals surface area (Å²) in [5, 5.41) is 0. The van der Waals surface area contributed by atoms with Gasteiger partial charge in [-0.1, -0.05) is 25.0 Å². The van der Waals surface area contributed by atoms with Gasteiger partial charge in [0.25, 0.3) is 0 Å². The van der Waals surface area contributed by atoms with Crippen molar-refractivity contribution in [2.45, 2.75) is 37.8 Å². The molecule has 1 unspecified atom stereocenters. The second-order valence-electron chi connectivity index (χ2n) is 8.10. The minimum absolute atomic E-state index is 0.127. The summed E-state index contributed by atoms with van der Waals surface area (Å²) in [6.07, 6.45) is 6.88. The normalized spacial score (nSPS) is 20.7. The maximum absolute atomic E-state index is 11.7. The van der Waals surface area contributed by atoms with Crippen molar-refractivity contribution >= 4 is 11.9 Å². The van der Waals surface area contributed by atoms with Gasteiger partial charge in [0.1, 0.15) is 6.10 Å². The zero-order chi connectivity index (χ0) is 20.4. The van der Waals surface area contributed by atoms with Gasteiger partial charge in [-0.3, -0.25) is 9.69 Å². The minimum Gasteiger partial charge on any atom is -0.369 e. The third-order valence-electron chi connectivity index (χ3n) is 5.91. The van der Waals surface area contributed by atoms with E-state index in [-0.39, 0.29) is 6.10 Å². The predicted molar refractivity (Wildman–Crippen MR) is 113 cm³/mol. The van der Waals surface area contributed by atoms with Crippen LogP contribution in [0.15, 0.2) is 30.5 Å². The van der Waals surface area contributed by atoms with Crippen LogP contribution in [0, 0.1) is 0 Å². The Bertz CT molecular complexity index is 879. The molecule has 2 N–H and O–H groups in total. The lowest BCUT2D eigenvalue weighted by molar-refractivity contribution is -0.0456. The molecule has 1 aliphatic carbocycles. The van der Waals surface area contributed by atoms with Crippen molar-refractivity contribution in [1.29, 1.82) is 0 Å². The van der Waals surface area contributed by atoms with Gasteiger partial charge in [-0.15, -0.1) is 0 Å². The van der Waals surface area contributed by atoms with Crippen molar-refractivity contribution in [3.8, 4) is 11.1 Å². The fraction of sp³-hybridized carbons (Fsp3) is 0.500. The SMILES string of the molecule is CN(C)c1ncc(-c2cccc(C(N)=O)c2)c(C2CN(C3CCCC3)CCO2)n1. The summed E-state index contributed by atoms with van der Waals surface area (Å²) >= 11 is 0. The largest absolute Gasteiger partial charge is 0.369 e. The molecule has 0 spiro atoms. The third kappa shape index (κ3) is 4.26. The Morgan fingerprint density at radius 2 is 2.07 bits per heavy atom. The molecule has 1 saturated heterocycles. The highest BCUT2D eigenvalue weighted by Gasteiger charge is 2.31. The van der Waals surface area contributed by atoms with E-state index in [0.717, 1.165) is 29.9 Å². The van der Waals surface area contributed by atoms with E-state index in [1.54, 1.807) is 12.1 Å². The lowest BCUT2D eigenvalue weighted by Gasteiger charge is -2.37. The molecule has 1 aliphatic heterocycles. The Morgan fingerprint density at radius 1 is 1.28 bits per heavy atom.